The molecule has 1 aromatic rings. The summed E-state index contributed by atoms with van der Waals surface area (Å²) < 4.78 is 31.7. The number of hydrogen-bond donors (Lipinski definition) is 0. The molecule has 3 heterocycles. The summed E-state index contributed by atoms with van der Waals surface area (Å²) in [6, 6.07) is 0.172. The standard InChI is InChI=1S/C19H34N4O3S/c1-15(2)13-18-20-19(26-21-18)14-22-11-8-16(9-12-22)17-7-5-4-6-10-23(17)27(3,24)25/h15-17H,4-14H2,1-3H3. The van der Waals surface area contributed by atoms with Crippen LogP contribution in [-0.2, 0) is 23.0 Å². The van der Waals surface area contributed by atoms with Gasteiger partial charge in [-0.25, -0.2) is 8.42 Å². The van der Waals surface area contributed by atoms with E-state index >= 15 is 0 Å². The molecule has 0 amide bonds. The Kier molecular flexibility index (Phi) is 6.92. The lowest BCUT2D eigenvalue weighted by atomic mass is 9.87. The van der Waals surface area contributed by atoms with Gasteiger partial charge in [0.2, 0.25) is 15.9 Å². The lowest BCUT2D eigenvalue weighted by molar-refractivity contribution is 0.115. The fraction of sp³-hybridized carbons (Fsp3) is 0.895. The van der Waals surface area contributed by atoms with Crippen LogP contribution in [0.15, 0.2) is 4.52 Å². The van der Waals surface area contributed by atoms with E-state index in [0.717, 1.165) is 63.9 Å². The second-order valence-electron chi connectivity index (χ2n) is 8.61. The maximum atomic E-state index is 12.3. The summed E-state index contributed by atoms with van der Waals surface area (Å²) in [6.45, 7) is 7.59. The molecular weight excluding hydrogens is 364 g/mol. The first-order valence-electron chi connectivity index (χ1n) is 10.3. The van der Waals surface area contributed by atoms with Crippen LogP contribution < -0.4 is 0 Å². The first-order valence-corrected chi connectivity index (χ1v) is 12.2. The average molecular weight is 399 g/mol. The highest BCUT2D eigenvalue weighted by Crippen LogP contribution is 2.31. The number of aromatic nitrogens is 2. The monoisotopic (exact) mass is 398 g/mol. The van der Waals surface area contributed by atoms with Crippen LogP contribution in [-0.4, -0.2) is 59.7 Å². The Bertz CT molecular complexity index is 696. The third kappa shape index (κ3) is 5.74. The molecule has 2 fully saturated rings. The van der Waals surface area contributed by atoms with Gasteiger partial charge in [0.15, 0.2) is 5.82 Å². The summed E-state index contributed by atoms with van der Waals surface area (Å²) in [4.78, 5) is 6.85. The van der Waals surface area contributed by atoms with Crippen molar-refractivity contribution >= 4 is 10.0 Å². The lowest BCUT2D eigenvalue weighted by Gasteiger charge is -2.39. The quantitative estimate of drug-likeness (QED) is 0.733. The molecule has 1 unspecified atom stereocenters. The molecule has 0 radical (unpaired) electrons. The predicted octanol–water partition coefficient (Wildman–Crippen LogP) is 2.68. The van der Waals surface area contributed by atoms with Gasteiger partial charge < -0.3 is 4.52 Å². The average Bonchev–Trinajstić information content (AvgIpc) is 2.87. The summed E-state index contributed by atoms with van der Waals surface area (Å²) >= 11 is 0. The number of rotatable bonds is 6. The topological polar surface area (TPSA) is 79.5 Å². The smallest absolute Gasteiger partial charge is 0.240 e. The van der Waals surface area contributed by atoms with Crippen LogP contribution in [0, 0.1) is 11.8 Å². The minimum Gasteiger partial charge on any atom is -0.338 e. The zero-order valence-corrected chi connectivity index (χ0v) is 17.7. The highest BCUT2D eigenvalue weighted by molar-refractivity contribution is 7.88. The fourth-order valence-electron chi connectivity index (χ4n) is 4.48. The molecule has 2 saturated heterocycles. The second kappa shape index (κ2) is 9.01. The highest BCUT2D eigenvalue weighted by Gasteiger charge is 2.35. The van der Waals surface area contributed by atoms with Crippen LogP contribution >= 0.6 is 0 Å². The van der Waals surface area contributed by atoms with Crippen molar-refractivity contribution in [1.29, 1.82) is 0 Å². The summed E-state index contributed by atoms with van der Waals surface area (Å²) in [5.74, 6) is 2.45. The van der Waals surface area contributed by atoms with E-state index in [4.69, 9.17) is 4.52 Å². The molecule has 27 heavy (non-hydrogen) atoms. The fourth-order valence-corrected chi connectivity index (χ4v) is 5.71. The normalized spacial score (nSPS) is 24.4. The molecule has 0 N–H and O–H groups in total. The van der Waals surface area contributed by atoms with Gasteiger partial charge in [-0.1, -0.05) is 31.8 Å². The number of sulfonamides is 1. The van der Waals surface area contributed by atoms with Crippen LogP contribution in [0.5, 0.6) is 0 Å². The minimum atomic E-state index is -3.13. The van der Waals surface area contributed by atoms with E-state index < -0.39 is 10.0 Å². The molecule has 8 heteroatoms. The maximum Gasteiger partial charge on any atom is 0.240 e. The predicted molar refractivity (Wildman–Crippen MR) is 105 cm³/mol. The number of nitrogens with zero attached hydrogens (tertiary/aromatic N) is 4. The van der Waals surface area contributed by atoms with Crippen LogP contribution in [0.2, 0.25) is 0 Å². The van der Waals surface area contributed by atoms with Crippen molar-refractivity contribution < 1.29 is 12.9 Å². The molecule has 0 bridgehead atoms. The van der Waals surface area contributed by atoms with E-state index in [0.29, 0.717) is 30.8 Å². The number of likely N-dealkylation sites (tertiary alicyclic amines) is 1. The first-order chi connectivity index (χ1) is 12.8. The van der Waals surface area contributed by atoms with E-state index in [-0.39, 0.29) is 6.04 Å². The van der Waals surface area contributed by atoms with Crippen molar-refractivity contribution in [1.82, 2.24) is 19.3 Å². The van der Waals surface area contributed by atoms with Crippen molar-refractivity contribution in [3.05, 3.63) is 11.7 Å². The van der Waals surface area contributed by atoms with Crippen molar-refractivity contribution in [2.24, 2.45) is 11.8 Å². The van der Waals surface area contributed by atoms with Crippen molar-refractivity contribution in [3.8, 4) is 0 Å². The van der Waals surface area contributed by atoms with E-state index in [1.54, 1.807) is 4.31 Å². The molecule has 7 nitrogen and oxygen atoms in total. The molecule has 0 aromatic carbocycles. The van der Waals surface area contributed by atoms with Gasteiger partial charge in [0.05, 0.1) is 12.8 Å². The largest absolute Gasteiger partial charge is 0.338 e. The van der Waals surface area contributed by atoms with Gasteiger partial charge in [0.1, 0.15) is 0 Å². The molecule has 1 atom stereocenters. The molecule has 1 aromatic heterocycles. The zero-order chi connectivity index (χ0) is 19.4. The van der Waals surface area contributed by atoms with Crippen LogP contribution in [0.4, 0.5) is 0 Å². The Morgan fingerprint density at radius 3 is 2.52 bits per heavy atom. The van der Waals surface area contributed by atoms with E-state index in [1.165, 1.54) is 6.26 Å². The Hall–Kier alpha value is -0.990. The molecule has 3 rings (SSSR count). The van der Waals surface area contributed by atoms with E-state index in [2.05, 4.69) is 28.9 Å². The minimum absolute atomic E-state index is 0.172. The number of piperidine rings is 1. The Balaban J connectivity index is 1.55. The van der Waals surface area contributed by atoms with Gasteiger partial charge in [-0.15, -0.1) is 0 Å². The SMILES string of the molecule is CC(C)Cc1noc(CN2CCC(C3CCCCCN3S(C)(=O)=O)CC2)n1. The van der Waals surface area contributed by atoms with Crippen molar-refractivity contribution in [2.45, 2.75) is 71.4 Å². The van der Waals surface area contributed by atoms with Gasteiger partial charge in [-0.2, -0.15) is 9.29 Å². The summed E-state index contributed by atoms with van der Waals surface area (Å²) in [5.41, 5.74) is 0. The summed E-state index contributed by atoms with van der Waals surface area (Å²) in [6.07, 6.45) is 8.53. The highest BCUT2D eigenvalue weighted by atomic mass is 32.2. The lowest BCUT2D eigenvalue weighted by Crippen LogP contribution is -2.47. The molecule has 0 saturated carbocycles. The van der Waals surface area contributed by atoms with Gasteiger partial charge in [-0.3, -0.25) is 4.90 Å². The molecular formula is C19H34N4O3S. The molecule has 2 aliphatic heterocycles. The van der Waals surface area contributed by atoms with Gasteiger partial charge >= 0.3 is 0 Å². The van der Waals surface area contributed by atoms with Gasteiger partial charge in [0.25, 0.3) is 0 Å². The summed E-state index contributed by atoms with van der Waals surface area (Å²) in [7, 11) is -3.13. The maximum absolute atomic E-state index is 12.3. The van der Waals surface area contributed by atoms with Gasteiger partial charge in [-0.05, 0) is 50.6 Å². The second-order valence-corrected chi connectivity index (χ2v) is 10.5. The van der Waals surface area contributed by atoms with Crippen molar-refractivity contribution in [2.75, 3.05) is 25.9 Å². The third-order valence-corrected chi connectivity index (χ3v) is 7.12. The van der Waals surface area contributed by atoms with Crippen LogP contribution in [0.25, 0.3) is 0 Å². The van der Waals surface area contributed by atoms with Crippen LogP contribution in [0.3, 0.4) is 0 Å². The van der Waals surface area contributed by atoms with Crippen molar-refractivity contribution in [3.63, 3.8) is 0 Å². The molecule has 0 aliphatic carbocycles. The Labute approximate surface area is 163 Å². The van der Waals surface area contributed by atoms with Gasteiger partial charge in [0, 0.05) is 19.0 Å². The Morgan fingerprint density at radius 2 is 1.85 bits per heavy atom. The van der Waals surface area contributed by atoms with E-state index in [1.807, 2.05) is 0 Å². The van der Waals surface area contributed by atoms with E-state index in [9.17, 15) is 8.42 Å². The Morgan fingerprint density at radius 1 is 1.11 bits per heavy atom. The summed E-state index contributed by atoms with van der Waals surface area (Å²) in [5, 5.41) is 4.07. The molecule has 154 valence electrons. The molecule has 2 aliphatic rings. The van der Waals surface area contributed by atoms with Crippen LogP contribution in [0.1, 0.15) is 64.1 Å². The zero-order valence-electron chi connectivity index (χ0n) is 16.9. The number of hydrogen-bond acceptors (Lipinski definition) is 6. The molecule has 0 spiro atoms. The third-order valence-electron chi connectivity index (χ3n) is 5.81. The first kappa shape index (κ1) is 20.7.